The molecule has 0 N–H and O–H groups in total. The first kappa shape index (κ1) is 12.8. The third kappa shape index (κ3) is 2.85. The van der Waals surface area contributed by atoms with E-state index in [-0.39, 0.29) is 0 Å². The highest BCUT2D eigenvalue weighted by Crippen LogP contribution is 3.04. The summed E-state index contributed by atoms with van der Waals surface area (Å²) in [6.07, 6.45) is 6.17. The molecule has 1 heterocycles. The highest BCUT2D eigenvalue weighted by molar-refractivity contribution is 8.81. The van der Waals surface area contributed by atoms with Crippen LogP contribution in [0.4, 0.5) is 0 Å². The second-order valence-electron chi connectivity index (χ2n) is 3.16. The molecule has 0 aromatic rings. The van der Waals surface area contributed by atoms with Crippen molar-refractivity contribution in [2.45, 2.75) is 27.7 Å². The van der Waals surface area contributed by atoms with Gasteiger partial charge in [-0.2, -0.15) is 0 Å². The molecule has 13 heavy (non-hydrogen) atoms. The van der Waals surface area contributed by atoms with Crippen LogP contribution >= 0.6 is 29.8 Å². The van der Waals surface area contributed by atoms with Crippen LogP contribution in [0.2, 0.25) is 0 Å². The maximum Gasteiger partial charge on any atom is -0.00367 e. The molecule has 0 unspecified atom stereocenters. The average Bonchev–Trinajstić information content (AvgIpc) is 2.54. The van der Waals surface area contributed by atoms with Crippen LogP contribution in [-0.4, -0.2) is 30.6 Å². The van der Waals surface area contributed by atoms with Gasteiger partial charge in [-0.3, -0.25) is 0 Å². The van der Waals surface area contributed by atoms with E-state index >= 15 is 0 Å². The Labute approximate surface area is 88.3 Å². The van der Waals surface area contributed by atoms with Crippen molar-refractivity contribution in [3.8, 4) is 0 Å². The molecule has 0 aliphatic carbocycles. The summed E-state index contributed by atoms with van der Waals surface area (Å²) >= 11 is 0. The summed E-state index contributed by atoms with van der Waals surface area (Å²) in [6, 6.07) is 0. The molecular weight excluding hydrogens is 232 g/mol. The van der Waals surface area contributed by atoms with Gasteiger partial charge in [-0.1, -0.05) is 57.5 Å². The van der Waals surface area contributed by atoms with Crippen LogP contribution in [0.15, 0.2) is 0 Å². The number of rotatable bonds is 4. The molecule has 1 aliphatic heterocycles. The zero-order valence-corrected chi connectivity index (χ0v) is 12.9. The van der Waals surface area contributed by atoms with E-state index in [1.54, 1.807) is 18.2 Å². The van der Waals surface area contributed by atoms with Crippen molar-refractivity contribution in [1.29, 1.82) is 0 Å². The molecule has 0 radical (unpaired) electrons. The quantitative estimate of drug-likeness (QED) is 0.563. The molecule has 0 amide bonds. The lowest BCUT2D eigenvalue weighted by molar-refractivity contribution is 1.49. The van der Waals surface area contributed by atoms with Crippen LogP contribution in [0.1, 0.15) is 27.7 Å². The number of hydrogen-bond donors (Lipinski definition) is 0. The van der Waals surface area contributed by atoms with Gasteiger partial charge in [-0.25, -0.2) is 0 Å². The lowest BCUT2D eigenvalue weighted by atomic mass is 11.0. The van der Waals surface area contributed by atoms with E-state index in [1.807, 2.05) is 0 Å². The first-order valence-electron chi connectivity index (χ1n) is 5.33. The highest BCUT2D eigenvalue weighted by Gasteiger charge is 2.37. The summed E-state index contributed by atoms with van der Waals surface area (Å²) in [5.41, 5.74) is 0. The Morgan fingerprint density at radius 2 is 1.08 bits per heavy atom. The Bertz CT molecular complexity index is 135. The van der Waals surface area contributed by atoms with E-state index in [0.29, 0.717) is 29.8 Å². The van der Waals surface area contributed by atoms with Crippen molar-refractivity contribution < 1.29 is 0 Å². The van der Waals surface area contributed by atoms with Gasteiger partial charge in [0.1, 0.15) is 0 Å². The molecule has 1 rings (SSSR count). The summed E-state index contributed by atoms with van der Waals surface area (Å²) < 4.78 is 0. The van der Waals surface area contributed by atoms with E-state index < -0.39 is 0 Å². The average molecular weight is 254 g/mol. The predicted octanol–water partition coefficient (Wildman–Crippen LogP) is 5.71. The molecule has 1 saturated heterocycles. The van der Waals surface area contributed by atoms with Gasteiger partial charge in [0.25, 0.3) is 0 Å². The summed E-state index contributed by atoms with van der Waals surface area (Å²) in [7, 11) is 2.14. The Balaban J connectivity index is 2.65. The molecule has 78 valence electrons. The minimum atomic E-state index is 0.526. The first-order chi connectivity index (χ1) is 6.28. The van der Waals surface area contributed by atoms with Gasteiger partial charge >= 0.3 is 0 Å². The normalized spacial score (nSPS) is 39.7. The molecule has 0 aromatic carbocycles. The van der Waals surface area contributed by atoms with E-state index in [4.69, 9.17) is 0 Å². The molecule has 0 nitrogen and oxygen atoms in total. The molecule has 0 bridgehead atoms. The van der Waals surface area contributed by atoms with E-state index in [2.05, 4.69) is 27.7 Å². The smallest absolute Gasteiger partial charge is 0.00367 e. The fourth-order valence-electron chi connectivity index (χ4n) is 1.88. The van der Waals surface area contributed by atoms with Gasteiger partial charge in [-0.05, 0) is 30.6 Å². The first-order valence-corrected chi connectivity index (χ1v) is 13.9. The third-order valence-corrected chi connectivity index (χ3v) is 32.2. The van der Waals surface area contributed by atoms with Crippen LogP contribution in [0.3, 0.4) is 0 Å². The Kier molecular flexibility index (Phi) is 6.23. The maximum atomic E-state index is 2.45. The monoisotopic (exact) mass is 254 g/mol. The third-order valence-electron chi connectivity index (χ3n) is 2.54. The van der Waals surface area contributed by atoms with Gasteiger partial charge in [0.15, 0.2) is 0 Å². The predicted molar refractivity (Wildman–Crippen MR) is 74.7 cm³/mol. The van der Waals surface area contributed by atoms with Crippen molar-refractivity contribution in [3.05, 3.63) is 0 Å². The second kappa shape index (κ2) is 6.33. The van der Waals surface area contributed by atoms with Crippen molar-refractivity contribution in [1.82, 2.24) is 0 Å². The summed E-state index contributed by atoms with van der Waals surface area (Å²) in [5.74, 6) is 1.71. The lowest BCUT2D eigenvalue weighted by Gasteiger charge is -2.24. The van der Waals surface area contributed by atoms with Crippen LogP contribution in [0, 0.1) is 0 Å². The summed E-state index contributed by atoms with van der Waals surface area (Å²) in [4.78, 5) is 0. The fraction of sp³-hybridized carbons (Fsp3) is 1.00. The van der Waals surface area contributed by atoms with Gasteiger partial charge in [-0.15, -0.1) is 0 Å². The Morgan fingerprint density at radius 3 is 1.31 bits per heavy atom. The number of hydrogen-bond acceptors (Lipinski definition) is 0. The van der Waals surface area contributed by atoms with Crippen LogP contribution in [-0.2, 0) is 0 Å². The Morgan fingerprint density at radius 1 is 0.692 bits per heavy atom. The standard InChI is InChI=1S/C9H22P4/c1-5-10-9-11(6-2)13(8-4)12(10)7-3/h5-9H2,1-4H3/t10-,11+,12+,13-. The van der Waals surface area contributed by atoms with Gasteiger partial charge in [0.2, 0.25) is 0 Å². The summed E-state index contributed by atoms with van der Waals surface area (Å²) in [5, 5.41) is 0. The Hall–Kier alpha value is 1.72. The van der Waals surface area contributed by atoms with Crippen LogP contribution < -0.4 is 0 Å². The molecule has 0 aromatic heterocycles. The van der Waals surface area contributed by atoms with E-state index in [1.165, 1.54) is 12.3 Å². The maximum absolute atomic E-state index is 2.45. The molecule has 4 atom stereocenters. The van der Waals surface area contributed by atoms with Crippen molar-refractivity contribution in [3.63, 3.8) is 0 Å². The van der Waals surface area contributed by atoms with E-state index in [0.717, 1.165) is 0 Å². The van der Waals surface area contributed by atoms with Crippen molar-refractivity contribution in [2.75, 3.05) is 30.6 Å². The van der Waals surface area contributed by atoms with Gasteiger partial charge in [0.05, 0.1) is 0 Å². The van der Waals surface area contributed by atoms with Crippen molar-refractivity contribution >= 4 is 29.8 Å². The van der Waals surface area contributed by atoms with Gasteiger partial charge in [0, 0.05) is 0 Å². The van der Waals surface area contributed by atoms with Crippen LogP contribution in [0.25, 0.3) is 0 Å². The zero-order chi connectivity index (χ0) is 9.84. The summed E-state index contributed by atoms with van der Waals surface area (Å²) in [6.45, 7) is 9.79. The minimum absolute atomic E-state index is 0.526. The molecule has 0 spiro atoms. The van der Waals surface area contributed by atoms with Crippen LogP contribution in [0.5, 0.6) is 0 Å². The topological polar surface area (TPSA) is 0 Å². The van der Waals surface area contributed by atoms with Gasteiger partial charge < -0.3 is 0 Å². The molecule has 1 aliphatic rings. The van der Waals surface area contributed by atoms with E-state index in [9.17, 15) is 0 Å². The second-order valence-corrected chi connectivity index (χ2v) is 21.4. The molecule has 4 heteroatoms. The highest BCUT2D eigenvalue weighted by atomic mass is 32.7. The fourth-order valence-corrected chi connectivity index (χ4v) is 42.2. The lowest BCUT2D eigenvalue weighted by Crippen LogP contribution is -1.76. The zero-order valence-electron chi connectivity index (χ0n) is 9.32. The molecule has 0 saturated carbocycles. The largest absolute Gasteiger partial charge is 0.0717 e. The minimum Gasteiger partial charge on any atom is -0.0717 e. The SMILES string of the molecule is CC[P@@]1C[P@@](CC)[P@](CC)[P@]1CC. The molecular formula is C9H22P4. The van der Waals surface area contributed by atoms with Crippen molar-refractivity contribution in [2.24, 2.45) is 0 Å². The molecule has 1 fully saturated rings.